The second-order valence-corrected chi connectivity index (χ2v) is 5.77. The van der Waals surface area contributed by atoms with Crippen LogP contribution in [0.25, 0.3) is 11.1 Å². The topological polar surface area (TPSA) is 104 Å². The van der Waals surface area contributed by atoms with E-state index >= 15 is 0 Å². The van der Waals surface area contributed by atoms with Gasteiger partial charge in [-0.2, -0.15) is 0 Å². The van der Waals surface area contributed by atoms with Gasteiger partial charge in [0.05, 0.1) is 11.4 Å². The molecule has 0 heterocycles. The number of carbonyl (C=O) groups excluding carboxylic acids is 1. The van der Waals surface area contributed by atoms with Crippen molar-refractivity contribution in [3.8, 4) is 11.1 Å². The quantitative estimate of drug-likeness (QED) is 0.514. The van der Waals surface area contributed by atoms with Crippen LogP contribution in [0.15, 0.2) is 66.7 Å². The van der Waals surface area contributed by atoms with Crippen LogP contribution in [0.4, 0.5) is 26.2 Å². The van der Waals surface area contributed by atoms with E-state index in [4.69, 9.17) is 10.8 Å². The number of carbonyl (C=O) groups is 2. The van der Waals surface area contributed by atoms with Crippen molar-refractivity contribution in [3.05, 3.63) is 78.1 Å². The Balaban J connectivity index is 1.95. The lowest BCUT2D eigenvalue weighted by Gasteiger charge is -2.13. The predicted octanol–water partition coefficient (Wildman–Crippen LogP) is 4.42. The summed E-state index contributed by atoms with van der Waals surface area (Å²) >= 11 is 0. The molecule has 0 aliphatic rings. The van der Waals surface area contributed by atoms with E-state index in [2.05, 4.69) is 10.6 Å². The van der Waals surface area contributed by atoms with Gasteiger partial charge >= 0.3 is 6.09 Å². The van der Waals surface area contributed by atoms with Crippen molar-refractivity contribution in [2.45, 2.75) is 0 Å². The van der Waals surface area contributed by atoms with Gasteiger partial charge in [-0.3, -0.25) is 10.1 Å². The molecule has 0 radical (unpaired) electrons. The van der Waals surface area contributed by atoms with E-state index in [-0.39, 0.29) is 17.2 Å². The molecule has 0 aromatic heterocycles. The first-order valence-electron chi connectivity index (χ1n) is 7.99. The third kappa shape index (κ3) is 4.40. The Morgan fingerprint density at radius 2 is 1.44 bits per heavy atom. The van der Waals surface area contributed by atoms with E-state index in [0.717, 1.165) is 5.56 Å². The summed E-state index contributed by atoms with van der Waals surface area (Å²) in [5.74, 6) is -0.778. The second-order valence-electron chi connectivity index (χ2n) is 5.77. The molecule has 0 saturated heterocycles. The summed E-state index contributed by atoms with van der Waals surface area (Å²) in [4.78, 5) is 23.5. The maximum Gasteiger partial charge on any atom is 0.409 e. The molecular formula is C20H16FN3O3. The first kappa shape index (κ1) is 17.9. The van der Waals surface area contributed by atoms with Crippen molar-refractivity contribution in [1.29, 1.82) is 0 Å². The lowest BCUT2D eigenvalue weighted by atomic mass is 10.0. The molecule has 0 aliphatic heterocycles. The molecule has 7 heteroatoms. The Hall–Kier alpha value is -3.87. The number of anilines is 3. The first-order valence-corrected chi connectivity index (χ1v) is 7.99. The first-order chi connectivity index (χ1) is 12.9. The Morgan fingerprint density at radius 1 is 0.815 bits per heavy atom. The van der Waals surface area contributed by atoms with Gasteiger partial charge in [-0.05, 0) is 59.7 Å². The summed E-state index contributed by atoms with van der Waals surface area (Å²) in [6.07, 6.45) is -1.26. The molecule has 6 nitrogen and oxygen atoms in total. The normalized spacial score (nSPS) is 10.3. The number of halogens is 1. The molecule has 3 aromatic rings. The summed E-state index contributed by atoms with van der Waals surface area (Å²) in [7, 11) is 0. The number of benzene rings is 3. The molecule has 3 aromatic carbocycles. The Labute approximate surface area is 154 Å². The van der Waals surface area contributed by atoms with Gasteiger partial charge in [0, 0.05) is 11.3 Å². The van der Waals surface area contributed by atoms with Gasteiger partial charge in [-0.25, -0.2) is 9.18 Å². The van der Waals surface area contributed by atoms with Gasteiger partial charge in [0.1, 0.15) is 5.82 Å². The molecule has 0 saturated carbocycles. The number of hydrogen-bond acceptors (Lipinski definition) is 3. The summed E-state index contributed by atoms with van der Waals surface area (Å²) in [5, 5.41) is 14.0. The van der Waals surface area contributed by atoms with Crippen LogP contribution < -0.4 is 16.4 Å². The molecule has 0 fully saturated rings. The molecule has 2 amide bonds. The molecule has 136 valence electrons. The maximum absolute atomic E-state index is 13.1. The number of carboxylic acid groups (broad SMARTS) is 1. The molecule has 0 aliphatic carbocycles. The summed E-state index contributed by atoms with van der Waals surface area (Å²) in [6, 6.07) is 17.0. The van der Waals surface area contributed by atoms with Crippen molar-refractivity contribution < 1.29 is 19.1 Å². The zero-order valence-electron chi connectivity index (χ0n) is 14.1. The van der Waals surface area contributed by atoms with Crippen molar-refractivity contribution in [1.82, 2.24) is 0 Å². The van der Waals surface area contributed by atoms with Crippen LogP contribution in [-0.4, -0.2) is 17.1 Å². The number of nitrogens with one attached hydrogen (secondary N) is 2. The van der Waals surface area contributed by atoms with E-state index in [1.807, 2.05) is 0 Å². The zero-order chi connectivity index (χ0) is 19.4. The molecule has 27 heavy (non-hydrogen) atoms. The number of hydrogen-bond donors (Lipinski definition) is 4. The highest BCUT2D eigenvalue weighted by atomic mass is 19.1. The summed E-state index contributed by atoms with van der Waals surface area (Å²) in [6.45, 7) is 0. The van der Waals surface area contributed by atoms with Crippen molar-refractivity contribution in [2.24, 2.45) is 0 Å². The van der Waals surface area contributed by atoms with Gasteiger partial charge < -0.3 is 16.2 Å². The van der Waals surface area contributed by atoms with Gasteiger partial charge in [-0.15, -0.1) is 0 Å². The van der Waals surface area contributed by atoms with Crippen LogP contribution in [0.3, 0.4) is 0 Å². The minimum Gasteiger partial charge on any atom is -0.465 e. The zero-order valence-corrected chi connectivity index (χ0v) is 14.1. The van der Waals surface area contributed by atoms with Crippen LogP contribution in [0.2, 0.25) is 0 Å². The average Bonchev–Trinajstić information content (AvgIpc) is 2.64. The van der Waals surface area contributed by atoms with E-state index in [1.54, 1.807) is 48.5 Å². The van der Waals surface area contributed by atoms with E-state index in [1.165, 1.54) is 18.2 Å². The number of amides is 2. The molecule has 0 atom stereocenters. The number of nitrogen functional groups attached to an aromatic ring is 1. The van der Waals surface area contributed by atoms with Crippen LogP contribution in [0.5, 0.6) is 0 Å². The lowest BCUT2D eigenvalue weighted by molar-refractivity contribution is 0.102. The minimum absolute atomic E-state index is 0.220. The van der Waals surface area contributed by atoms with Crippen molar-refractivity contribution in [2.75, 3.05) is 16.4 Å². The number of nitrogens with two attached hydrogens (primary N) is 1. The minimum atomic E-state index is -1.26. The van der Waals surface area contributed by atoms with Crippen LogP contribution in [0.1, 0.15) is 10.4 Å². The van der Waals surface area contributed by atoms with Gasteiger partial charge in [0.15, 0.2) is 0 Å². The van der Waals surface area contributed by atoms with Crippen molar-refractivity contribution in [3.63, 3.8) is 0 Å². The second kappa shape index (κ2) is 7.57. The third-order valence-corrected chi connectivity index (χ3v) is 3.86. The summed E-state index contributed by atoms with van der Waals surface area (Å²) < 4.78 is 13.1. The largest absolute Gasteiger partial charge is 0.465 e. The fraction of sp³-hybridized carbons (Fsp3) is 0. The highest BCUT2D eigenvalue weighted by molar-refractivity contribution is 6.07. The molecule has 5 N–H and O–H groups in total. The van der Waals surface area contributed by atoms with Crippen LogP contribution in [0, 0.1) is 5.82 Å². The molecule has 0 bridgehead atoms. The highest BCUT2D eigenvalue weighted by Crippen LogP contribution is 2.30. The maximum atomic E-state index is 13.1. The average molecular weight is 365 g/mol. The van der Waals surface area contributed by atoms with E-state index in [0.29, 0.717) is 16.8 Å². The highest BCUT2D eigenvalue weighted by Gasteiger charge is 2.12. The SMILES string of the molecule is Nc1ccc(C(=O)Nc2cc(-c3ccc(F)cc3)ccc2NC(=O)O)cc1. The van der Waals surface area contributed by atoms with Crippen molar-refractivity contribution >= 4 is 29.1 Å². The van der Waals surface area contributed by atoms with Gasteiger partial charge in [0.25, 0.3) is 5.91 Å². The Bertz CT molecular complexity index is 986. The van der Waals surface area contributed by atoms with Crippen LogP contribution >= 0.6 is 0 Å². The third-order valence-electron chi connectivity index (χ3n) is 3.86. The predicted molar refractivity (Wildman–Crippen MR) is 102 cm³/mol. The smallest absolute Gasteiger partial charge is 0.409 e. The van der Waals surface area contributed by atoms with Gasteiger partial charge in [0.2, 0.25) is 0 Å². The fourth-order valence-corrected chi connectivity index (χ4v) is 2.52. The Kier molecular flexibility index (Phi) is 5.03. The molecule has 0 spiro atoms. The van der Waals surface area contributed by atoms with E-state index in [9.17, 15) is 14.0 Å². The standard InChI is InChI=1S/C20H16FN3O3/c21-15-6-1-12(2-7-15)14-5-10-17(24-20(26)27)18(11-14)23-19(25)13-3-8-16(22)9-4-13/h1-11,24H,22H2,(H,23,25)(H,26,27). The lowest BCUT2D eigenvalue weighted by Crippen LogP contribution is -2.15. The monoisotopic (exact) mass is 365 g/mol. The Morgan fingerprint density at radius 3 is 2.07 bits per heavy atom. The number of rotatable bonds is 4. The molecule has 0 unspecified atom stereocenters. The van der Waals surface area contributed by atoms with E-state index < -0.39 is 12.0 Å². The van der Waals surface area contributed by atoms with Gasteiger partial charge in [-0.1, -0.05) is 18.2 Å². The fourth-order valence-electron chi connectivity index (χ4n) is 2.52. The summed E-state index contributed by atoms with van der Waals surface area (Å²) in [5.41, 5.74) is 8.43. The molecular weight excluding hydrogens is 349 g/mol. The molecule has 3 rings (SSSR count). The van der Waals surface area contributed by atoms with Crippen LogP contribution in [-0.2, 0) is 0 Å².